The highest BCUT2D eigenvalue weighted by molar-refractivity contribution is 5.82. The molecule has 0 bridgehead atoms. The molecule has 0 aliphatic carbocycles. The molecule has 1 saturated heterocycles. The van der Waals surface area contributed by atoms with E-state index in [1.165, 1.54) is 0 Å². The summed E-state index contributed by atoms with van der Waals surface area (Å²) in [5.41, 5.74) is 0. The number of aliphatic imine (C=N–C) groups is 1. The highest BCUT2D eigenvalue weighted by Gasteiger charge is 2.20. The Morgan fingerprint density at radius 3 is 1.38 bits per heavy atom. The summed E-state index contributed by atoms with van der Waals surface area (Å²) in [5, 5.41) is 36.9. The number of aliphatic hydroxyl groups excluding tert-OH is 1. The number of carboxylic acid groups (broad SMARTS) is 2. The summed E-state index contributed by atoms with van der Waals surface area (Å²) in [6.07, 6.45) is -1.54. The molecule has 4 N–H and O–H groups in total. The minimum atomic E-state index is -1.54. The van der Waals surface area contributed by atoms with E-state index >= 15 is 0 Å². The van der Waals surface area contributed by atoms with Gasteiger partial charge in [0.05, 0.1) is 19.6 Å². The molecule has 0 atom stereocenters. The second-order valence-corrected chi connectivity index (χ2v) is 6.95. The molecule has 1 rings (SSSR count). The zero-order valence-electron chi connectivity index (χ0n) is 16.5. The molecule has 1 aliphatic rings. The van der Waals surface area contributed by atoms with Crippen LogP contribution in [0.2, 0.25) is 0 Å². The second-order valence-electron chi connectivity index (χ2n) is 6.95. The Balaban J connectivity index is 2.92. The highest BCUT2D eigenvalue weighted by Crippen LogP contribution is 2.02. The Hall–Kier alpha value is -1.96. The summed E-state index contributed by atoms with van der Waals surface area (Å²) in [6.45, 7) is 5.96. The quantitative estimate of drug-likeness (QED) is 0.234. The molecule has 12 nitrogen and oxygen atoms in total. The van der Waals surface area contributed by atoms with Crippen LogP contribution in [-0.2, 0) is 14.4 Å². The van der Waals surface area contributed by atoms with E-state index in [1.54, 1.807) is 14.7 Å². The number of aliphatic carboxylic acids is 2. The van der Waals surface area contributed by atoms with E-state index in [-0.39, 0.29) is 26.2 Å². The van der Waals surface area contributed by atoms with E-state index in [4.69, 9.17) is 10.2 Å². The number of carboxylic acids is 2. The van der Waals surface area contributed by atoms with Gasteiger partial charge in [0, 0.05) is 58.9 Å². The molecule has 1 amide bonds. The Kier molecular flexibility index (Phi) is 11.5. The SMILES string of the molecule is C=NC(=O)CN1CCN(CC(=O)O)CCN(CC(=O)O)CCN(CC(O)O)CC1. The van der Waals surface area contributed by atoms with E-state index in [9.17, 15) is 24.6 Å². The summed E-state index contributed by atoms with van der Waals surface area (Å²) in [4.78, 5) is 44.4. The summed E-state index contributed by atoms with van der Waals surface area (Å²) in [7, 11) is 0. The number of hydrogen-bond donors (Lipinski definition) is 4. The van der Waals surface area contributed by atoms with Crippen molar-refractivity contribution in [2.45, 2.75) is 6.29 Å². The maximum absolute atomic E-state index is 11.7. The van der Waals surface area contributed by atoms with E-state index in [0.29, 0.717) is 52.4 Å². The van der Waals surface area contributed by atoms with Crippen LogP contribution in [0.15, 0.2) is 4.99 Å². The molecule has 1 aliphatic heterocycles. The lowest BCUT2D eigenvalue weighted by molar-refractivity contribution is -0.140. The van der Waals surface area contributed by atoms with Crippen molar-refractivity contribution in [3.8, 4) is 0 Å². The number of rotatable bonds is 8. The molecule has 1 heterocycles. The number of hydrogen-bond acceptors (Lipinski definition) is 9. The van der Waals surface area contributed by atoms with Gasteiger partial charge in [0.25, 0.3) is 5.91 Å². The number of β-amino-alcohol motifs (C(OH)–C–C–N with tert-alkyl or cyclic N) is 2. The van der Waals surface area contributed by atoms with Crippen molar-refractivity contribution < 1.29 is 34.8 Å². The second kappa shape index (κ2) is 13.3. The standard InChI is InChI=1S/C17H31N5O7/c1-18-14(23)10-19-2-4-20(11-15(24)25)6-8-22(13-17(28)29)9-7-21(5-3-19)12-16(26)27/h15,24-25H,1-13H2,(H,26,27)(H,28,29). The van der Waals surface area contributed by atoms with E-state index in [1.807, 2.05) is 4.90 Å². The third-order valence-corrected chi connectivity index (χ3v) is 4.60. The molecule has 0 spiro atoms. The van der Waals surface area contributed by atoms with Crippen LogP contribution in [-0.4, -0.2) is 149 Å². The van der Waals surface area contributed by atoms with Gasteiger partial charge in [0.2, 0.25) is 0 Å². The third-order valence-electron chi connectivity index (χ3n) is 4.60. The van der Waals surface area contributed by atoms with Crippen molar-refractivity contribution in [3.63, 3.8) is 0 Å². The zero-order valence-corrected chi connectivity index (χ0v) is 16.5. The van der Waals surface area contributed by atoms with E-state index in [0.717, 1.165) is 0 Å². The van der Waals surface area contributed by atoms with Crippen molar-refractivity contribution in [2.24, 2.45) is 4.99 Å². The first-order valence-corrected chi connectivity index (χ1v) is 9.38. The van der Waals surface area contributed by atoms with Gasteiger partial charge in [-0.3, -0.25) is 34.0 Å². The van der Waals surface area contributed by atoms with Gasteiger partial charge in [0.1, 0.15) is 0 Å². The number of aliphatic hydroxyl groups is 2. The predicted octanol–water partition coefficient (Wildman–Crippen LogP) is -3.08. The van der Waals surface area contributed by atoms with Crippen LogP contribution in [0.1, 0.15) is 0 Å². The van der Waals surface area contributed by atoms with Gasteiger partial charge in [0.15, 0.2) is 6.29 Å². The fourth-order valence-corrected chi connectivity index (χ4v) is 3.09. The lowest BCUT2D eigenvalue weighted by atomic mass is 10.3. The van der Waals surface area contributed by atoms with E-state index in [2.05, 4.69) is 11.7 Å². The average molecular weight is 417 g/mol. The van der Waals surface area contributed by atoms with Gasteiger partial charge in [-0.1, -0.05) is 0 Å². The van der Waals surface area contributed by atoms with Crippen molar-refractivity contribution in [1.29, 1.82) is 0 Å². The molecule has 0 aromatic rings. The van der Waals surface area contributed by atoms with Crippen LogP contribution in [0.4, 0.5) is 0 Å². The Morgan fingerprint density at radius 1 is 0.724 bits per heavy atom. The molecule has 0 aromatic heterocycles. The molecule has 0 unspecified atom stereocenters. The van der Waals surface area contributed by atoms with Crippen LogP contribution < -0.4 is 0 Å². The lowest BCUT2D eigenvalue weighted by Gasteiger charge is -2.33. The van der Waals surface area contributed by atoms with Gasteiger partial charge >= 0.3 is 11.9 Å². The third kappa shape index (κ3) is 11.6. The molecular formula is C17H31N5O7. The van der Waals surface area contributed by atoms with Crippen LogP contribution >= 0.6 is 0 Å². The first-order chi connectivity index (χ1) is 13.7. The number of carbonyl (C=O) groups is 3. The molecule has 166 valence electrons. The van der Waals surface area contributed by atoms with Gasteiger partial charge in [-0.25, -0.2) is 4.99 Å². The molecule has 1 fully saturated rings. The molecule has 0 radical (unpaired) electrons. The summed E-state index contributed by atoms with van der Waals surface area (Å²) in [5.74, 6) is -2.37. The smallest absolute Gasteiger partial charge is 0.317 e. The Labute approximate surface area is 169 Å². The monoisotopic (exact) mass is 417 g/mol. The number of amides is 1. The van der Waals surface area contributed by atoms with Gasteiger partial charge < -0.3 is 20.4 Å². The van der Waals surface area contributed by atoms with Gasteiger partial charge in [-0.05, 0) is 6.72 Å². The summed E-state index contributed by atoms with van der Waals surface area (Å²) < 4.78 is 0. The highest BCUT2D eigenvalue weighted by atomic mass is 16.5. The number of carbonyl (C=O) groups excluding carboxylic acids is 1. The normalized spacial score (nSPS) is 19.4. The average Bonchev–Trinajstić information content (AvgIpc) is 2.62. The van der Waals surface area contributed by atoms with Crippen molar-refractivity contribution >= 4 is 24.6 Å². The predicted molar refractivity (Wildman–Crippen MR) is 104 cm³/mol. The fourth-order valence-electron chi connectivity index (χ4n) is 3.09. The molecule has 29 heavy (non-hydrogen) atoms. The topological polar surface area (TPSA) is 157 Å². The molecule has 0 aromatic carbocycles. The van der Waals surface area contributed by atoms with Crippen LogP contribution in [0.3, 0.4) is 0 Å². The van der Waals surface area contributed by atoms with Crippen molar-refractivity contribution in [2.75, 3.05) is 78.5 Å². The van der Waals surface area contributed by atoms with Crippen LogP contribution in [0.25, 0.3) is 0 Å². The van der Waals surface area contributed by atoms with Crippen molar-refractivity contribution in [3.05, 3.63) is 0 Å². The first-order valence-electron chi connectivity index (χ1n) is 9.38. The Morgan fingerprint density at radius 2 is 1.07 bits per heavy atom. The van der Waals surface area contributed by atoms with Crippen LogP contribution in [0, 0.1) is 0 Å². The largest absolute Gasteiger partial charge is 0.480 e. The van der Waals surface area contributed by atoms with Gasteiger partial charge in [-0.2, -0.15) is 0 Å². The summed E-state index contributed by atoms with van der Waals surface area (Å²) in [6, 6.07) is 0. The minimum Gasteiger partial charge on any atom is -0.480 e. The zero-order chi connectivity index (χ0) is 21.8. The number of nitrogens with zero attached hydrogens (tertiary/aromatic N) is 5. The molecular weight excluding hydrogens is 386 g/mol. The maximum atomic E-state index is 11.7. The summed E-state index contributed by atoms with van der Waals surface area (Å²) >= 11 is 0. The lowest BCUT2D eigenvalue weighted by Crippen LogP contribution is -2.49. The van der Waals surface area contributed by atoms with Crippen molar-refractivity contribution in [1.82, 2.24) is 19.6 Å². The van der Waals surface area contributed by atoms with Crippen LogP contribution in [0.5, 0.6) is 0 Å². The molecule has 12 heteroatoms. The van der Waals surface area contributed by atoms with Gasteiger partial charge in [-0.15, -0.1) is 0 Å². The first kappa shape index (κ1) is 25.1. The maximum Gasteiger partial charge on any atom is 0.317 e. The fraction of sp³-hybridized carbons (Fsp3) is 0.765. The van der Waals surface area contributed by atoms with E-state index < -0.39 is 24.1 Å². The molecule has 0 saturated carbocycles. The minimum absolute atomic E-state index is 0.00640. The Bertz CT molecular complexity index is 560.